The van der Waals surface area contributed by atoms with Gasteiger partial charge >= 0.3 is 17.2 Å². The van der Waals surface area contributed by atoms with Crippen molar-refractivity contribution in [3.05, 3.63) is 48.5 Å². The van der Waals surface area contributed by atoms with Crippen molar-refractivity contribution in [1.29, 1.82) is 0 Å². The van der Waals surface area contributed by atoms with Gasteiger partial charge in [0.05, 0.1) is 0 Å². The number of rotatable bonds is 3. The molecule has 2 aromatic rings. The molecule has 0 heterocycles. The van der Waals surface area contributed by atoms with Crippen LogP contribution in [0.5, 0.6) is 11.5 Å². The summed E-state index contributed by atoms with van der Waals surface area (Å²) in [7, 11) is -5.22. The van der Waals surface area contributed by atoms with Crippen molar-refractivity contribution in [3.63, 3.8) is 0 Å². The molecule has 0 aliphatic heterocycles. The summed E-state index contributed by atoms with van der Waals surface area (Å²) in [5.41, 5.74) is 2.03. The molecule has 0 fully saturated rings. The van der Waals surface area contributed by atoms with Crippen LogP contribution in [0.2, 0.25) is 0 Å². The van der Waals surface area contributed by atoms with Crippen LogP contribution >= 0.6 is 17.2 Å². The standard InChI is InChI=1S/C12H10O2.H4O5P2/c13-11-5-1-9(2-6-11)10-3-7-12(14)8-4-10;1-6(2)5-7(3)4/h1-8,13-14H;1-4H. The highest BCUT2D eigenvalue weighted by atomic mass is 31.2. The molecule has 2 aromatic carbocycles. The Labute approximate surface area is 123 Å². The topological polar surface area (TPSA) is 131 Å². The Morgan fingerprint density at radius 3 is 1.05 bits per heavy atom. The third kappa shape index (κ3) is 7.32. The smallest absolute Gasteiger partial charge is 0.334 e. The van der Waals surface area contributed by atoms with Gasteiger partial charge < -0.3 is 29.8 Å². The molecule has 0 aromatic heterocycles. The van der Waals surface area contributed by atoms with Crippen LogP contribution in [-0.4, -0.2) is 29.8 Å². The molecule has 6 N–H and O–H groups in total. The fourth-order valence-electron chi connectivity index (χ4n) is 1.37. The van der Waals surface area contributed by atoms with Gasteiger partial charge in [0.1, 0.15) is 11.5 Å². The van der Waals surface area contributed by atoms with E-state index in [0.29, 0.717) is 0 Å². The molecule has 7 nitrogen and oxygen atoms in total. The van der Waals surface area contributed by atoms with Crippen molar-refractivity contribution in [2.24, 2.45) is 0 Å². The van der Waals surface area contributed by atoms with E-state index in [2.05, 4.69) is 4.31 Å². The Hall–Kier alpha value is -1.30. The maximum absolute atomic E-state index is 9.11. The lowest BCUT2D eigenvalue weighted by atomic mass is 10.1. The van der Waals surface area contributed by atoms with Crippen LogP contribution in [0.3, 0.4) is 0 Å². The molecule has 0 bridgehead atoms. The summed E-state index contributed by atoms with van der Waals surface area (Å²) in [4.78, 5) is 31.3. The molecule has 0 aliphatic rings. The first-order valence-electron chi connectivity index (χ1n) is 5.51. The molecule has 0 aliphatic carbocycles. The highest BCUT2D eigenvalue weighted by Gasteiger charge is 2.05. The van der Waals surface area contributed by atoms with Gasteiger partial charge in [0.15, 0.2) is 0 Å². The fraction of sp³-hybridized carbons (Fsp3) is 0. The van der Waals surface area contributed by atoms with Crippen molar-refractivity contribution in [2.75, 3.05) is 0 Å². The molecule has 0 spiro atoms. The van der Waals surface area contributed by atoms with Gasteiger partial charge in [-0.3, -0.25) is 0 Å². The summed E-state index contributed by atoms with van der Waals surface area (Å²) in [5, 5.41) is 18.2. The van der Waals surface area contributed by atoms with Gasteiger partial charge in [-0.15, -0.1) is 0 Å². The van der Waals surface area contributed by atoms with Crippen LogP contribution < -0.4 is 0 Å². The summed E-state index contributed by atoms with van der Waals surface area (Å²) in [6.07, 6.45) is 0. The minimum Gasteiger partial charge on any atom is -0.508 e. The zero-order valence-electron chi connectivity index (χ0n) is 10.6. The molecule has 0 unspecified atom stereocenters. The number of benzene rings is 2. The maximum Gasteiger partial charge on any atom is 0.334 e. The Morgan fingerprint density at radius 1 is 0.571 bits per heavy atom. The maximum atomic E-state index is 9.11. The normalized spacial score (nSPS) is 10.4. The van der Waals surface area contributed by atoms with Gasteiger partial charge in [-0.2, -0.15) is 0 Å². The Bertz CT molecular complexity index is 479. The second-order valence-electron chi connectivity index (χ2n) is 3.68. The van der Waals surface area contributed by atoms with E-state index in [0.717, 1.165) is 11.1 Å². The van der Waals surface area contributed by atoms with Crippen LogP contribution in [0.15, 0.2) is 48.5 Å². The van der Waals surface area contributed by atoms with Crippen molar-refractivity contribution in [1.82, 2.24) is 0 Å². The highest BCUT2D eigenvalue weighted by Crippen LogP contribution is 2.41. The van der Waals surface area contributed by atoms with Crippen LogP contribution in [0.4, 0.5) is 0 Å². The molecular formula is C12H14O7P2. The van der Waals surface area contributed by atoms with E-state index in [9.17, 15) is 0 Å². The van der Waals surface area contributed by atoms with Gasteiger partial charge in [-0.1, -0.05) is 24.3 Å². The van der Waals surface area contributed by atoms with Crippen LogP contribution in [0, 0.1) is 0 Å². The summed E-state index contributed by atoms with van der Waals surface area (Å²) >= 11 is 0. The van der Waals surface area contributed by atoms with Crippen molar-refractivity contribution in [3.8, 4) is 22.6 Å². The van der Waals surface area contributed by atoms with Crippen molar-refractivity contribution < 1.29 is 34.1 Å². The molecular weight excluding hydrogens is 318 g/mol. The van der Waals surface area contributed by atoms with Crippen molar-refractivity contribution in [2.45, 2.75) is 0 Å². The monoisotopic (exact) mass is 332 g/mol. The average Bonchev–Trinajstić information content (AvgIpc) is 2.40. The van der Waals surface area contributed by atoms with Gasteiger partial charge in [0.2, 0.25) is 0 Å². The van der Waals surface area contributed by atoms with Crippen LogP contribution in [0.25, 0.3) is 11.1 Å². The summed E-state index contributed by atoms with van der Waals surface area (Å²) in [6, 6.07) is 13.9. The molecule has 0 atom stereocenters. The molecule has 114 valence electrons. The van der Waals surface area contributed by atoms with E-state index in [4.69, 9.17) is 29.8 Å². The molecule has 21 heavy (non-hydrogen) atoms. The number of hydrogen-bond acceptors (Lipinski definition) is 7. The number of phenols is 2. The van der Waals surface area contributed by atoms with Crippen LogP contribution in [-0.2, 0) is 4.31 Å². The molecule has 0 saturated heterocycles. The molecule has 2 rings (SSSR count). The minimum absolute atomic E-state index is 0.257. The first-order chi connectivity index (χ1) is 9.88. The largest absolute Gasteiger partial charge is 0.508 e. The first kappa shape index (κ1) is 17.8. The lowest BCUT2D eigenvalue weighted by Crippen LogP contribution is -1.75. The number of hydrogen-bond donors (Lipinski definition) is 6. The van der Waals surface area contributed by atoms with E-state index in [1.165, 1.54) is 0 Å². The van der Waals surface area contributed by atoms with E-state index in [1.807, 2.05) is 24.3 Å². The third-order valence-electron chi connectivity index (χ3n) is 2.21. The minimum atomic E-state index is -2.61. The lowest BCUT2D eigenvalue weighted by molar-refractivity contribution is 0.324. The Morgan fingerprint density at radius 2 is 0.857 bits per heavy atom. The molecule has 9 heteroatoms. The zero-order valence-corrected chi connectivity index (χ0v) is 12.4. The summed E-state index contributed by atoms with van der Waals surface area (Å²) in [6.45, 7) is 0. The highest BCUT2D eigenvalue weighted by molar-refractivity contribution is 7.53. The SMILES string of the molecule is OP(O)OP(O)O.Oc1ccc(-c2ccc(O)cc2)cc1. The van der Waals surface area contributed by atoms with E-state index < -0.39 is 17.2 Å². The van der Waals surface area contributed by atoms with Gasteiger partial charge in [0, 0.05) is 0 Å². The van der Waals surface area contributed by atoms with Crippen LogP contribution in [0.1, 0.15) is 0 Å². The summed E-state index contributed by atoms with van der Waals surface area (Å²) < 4.78 is 3.60. The average molecular weight is 332 g/mol. The summed E-state index contributed by atoms with van der Waals surface area (Å²) in [5.74, 6) is 0.514. The third-order valence-corrected chi connectivity index (χ3v) is 3.38. The quantitative estimate of drug-likeness (QED) is 0.475. The number of phenolic OH excluding ortho intramolecular Hbond substituents is 2. The van der Waals surface area contributed by atoms with E-state index in [-0.39, 0.29) is 11.5 Å². The number of aromatic hydroxyl groups is 2. The molecule has 0 saturated carbocycles. The first-order valence-corrected chi connectivity index (χ1v) is 7.84. The van der Waals surface area contributed by atoms with Gasteiger partial charge in [0.25, 0.3) is 0 Å². The fourth-order valence-corrected chi connectivity index (χ4v) is 1.90. The van der Waals surface area contributed by atoms with Gasteiger partial charge in [-0.05, 0) is 35.4 Å². The lowest BCUT2D eigenvalue weighted by Gasteiger charge is -2.01. The second kappa shape index (κ2) is 8.87. The van der Waals surface area contributed by atoms with Gasteiger partial charge in [-0.25, -0.2) is 4.31 Å². The predicted molar refractivity (Wildman–Crippen MR) is 79.0 cm³/mol. The van der Waals surface area contributed by atoms with E-state index >= 15 is 0 Å². The predicted octanol–water partition coefficient (Wildman–Crippen LogP) is 2.19. The Kier molecular flexibility index (Phi) is 7.50. The van der Waals surface area contributed by atoms with E-state index in [1.54, 1.807) is 24.3 Å². The second-order valence-corrected chi connectivity index (χ2v) is 5.35. The zero-order chi connectivity index (χ0) is 15.8. The molecule has 0 amide bonds. The Balaban J connectivity index is 0.000000270. The molecule has 0 radical (unpaired) electrons. The van der Waals surface area contributed by atoms with Crippen molar-refractivity contribution >= 4 is 17.2 Å².